The number of carbonyl (C=O) groups is 4. The molecule has 0 rings (SSSR count). The minimum atomic E-state index is -0.983. The van der Waals surface area contributed by atoms with Crippen molar-refractivity contribution in [2.45, 2.75) is 245 Å². The third-order valence-electron chi connectivity index (χ3n) is 9.95. The monoisotopic (exact) mass is 750 g/mol. The van der Waals surface area contributed by atoms with Crippen LogP contribution in [0.2, 0.25) is 0 Å². The molecule has 310 valence electrons. The molecular formula is C45H83NO7. The molecule has 8 heteroatoms. The Morgan fingerprint density at radius 3 is 1.30 bits per heavy atom. The largest absolute Gasteiger partial charge is 0.464 e. The minimum Gasteiger partial charge on any atom is -0.464 e. The number of nitrogens with one attached hydrogen (secondary N) is 1. The van der Waals surface area contributed by atoms with Crippen LogP contribution in [0.1, 0.15) is 227 Å². The van der Waals surface area contributed by atoms with Gasteiger partial charge in [0.25, 0.3) is 0 Å². The van der Waals surface area contributed by atoms with E-state index in [1.54, 1.807) is 0 Å². The molecule has 0 aliphatic carbocycles. The second-order valence-electron chi connectivity index (χ2n) is 15.3. The van der Waals surface area contributed by atoms with Gasteiger partial charge in [-0.15, -0.1) is 0 Å². The molecule has 53 heavy (non-hydrogen) atoms. The Labute approximate surface area is 326 Å². The lowest BCUT2D eigenvalue weighted by molar-refractivity contribution is -0.171. The van der Waals surface area contributed by atoms with Gasteiger partial charge in [0.1, 0.15) is 18.8 Å². The van der Waals surface area contributed by atoms with E-state index >= 15 is 0 Å². The van der Waals surface area contributed by atoms with Gasteiger partial charge in [0.2, 0.25) is 5.91 Å². The molecule has 0 aliphatic heterocycles. The molecule has 3 unspecified atom stereocenters. The fraction of sp³-hybridized carbons (Fsp3) is 0.867. The number of carbonyl (C=O) groups excluding carboxylic acids is 4. The number of ether oxygens (including phenoxy) is 3. The van der Waals surface area contributed by atoms with Crippen LogP contribution in [-0.4, -0.2) is 48.7 Å². The number of allylic oxidation sites excluding steroid dienone is 2. The van der Waals surface area contributed by atoms with Gasteiger partial charge in [-0.25, -0.2) is 0 Å². The van der Waals surface area contributed by atoms with E-state index in [2.05, 4.69) is 31.3 Å². The highest BCUT2D eigenvalue weighted by atomic mass is 16.6. The smallest absolute Gasteiger partial charge is 0.303 e. The lowest BCUT2D eigenvalue weighted by Gasteiger charge is -2.33. The molecule has 0 aliphatic rings. The number of amides is 1. The molecule has 0 saturated heterocycles. The van der Waals surface area contributed by atoms with Gasteiger partial charge in [0.05, 0.1) is 0 Å². The van der Waals surface area contributed by atoms with Crippen molar-refractivity contribution in [1.29, 1.82) is 0 Å². The SMILES string of the molecule is CCCCCCCCCCCC=CCCCCC(OC(C)=O)C(OC(C)=O)C(COC(C)=O)NC(=O)CCCCCCCCCCCCCCCCC. The fourth-order valence-corrected chi connectivity index (χ4v) is 6.89. The molecule has 0 heterocycles. The zero-order valence-corrected chi connectivity index (χ0v) is 35.2. The van der Waals surface area contributed by atoms with Crippen LogP contribution in [0.5, 0.6) is 0 Å². The van der Waals surface area contributed by atoms with Gasteiger partial charge in [-0.05, 0) is 44.9 Å². The van der Waals surface area contributed by atoms with Crippen LogP contribution in [0.25, 0.3) is 0 Å². The third-order valence-corrected chi connectivity index (χ3v) is 9.95. The quantitative estimate of drug-likeness (QED) is 0.0290. The van der Waals surface area contributed by atoms with E-state index in [0.29, 0.717) is 12.8 Å². The van der Waals surface area contributed by atoms with Gasteiger partial charge < -0.3 is 19.5 Å². The highest BCUT2D eigenvalue weighted by molar-refractivity contribution is 5.76. The molecule has 0 radical (unpaired) electrons. The Morgan fingerprint density at radius 1 is 0.491 bits per heavy atom. The van der Waals surface area contributed by atoms with E-state index in [1.165, 1.54) is 156 Å². The molecule has 0 aromatic heterocycles. The normalized spacial score (nSPS) is 13.1. The second kappa shape index (κ2) is 37.9. The van der Waals surface area contributed by atoms with Gasteiger partial charge >= 0.3 is 17.9 Å². The summed E-state index contributed by atoms with van der Waals surface area (Å²) in [6, 6.07) is -0.841. The lowest BCUT2D eigenvalue weighted by Crippen LogP contribution is -2.54. The van der Waals surface area contributed by atoms with Crippen molar-refractivity contribution in [2.24, 2.45) is 0 Å². The van der Waals surface area contributed by atoms with E-state index in [1.807, 2.05) is 0 Å². The summed E-state index contributed by atoms with van der Waals surface area (Å²) in [5.41, 5.74) is 0. The zero-order valence-electron chi connectivity index (χ0n) is 35.2. The summed E-state index contributed by atoms with van der Waals surface area (Å²) in [6.07, 6.45) is 37.8. The molecule has 0 aromatic rings. The molecule has 0 saturated carbocycles. The summed E-state index contributed by atoms with van der Waals surface area (Å²) in [7, 11) is 0. The summed E-state index contributed by atoms with van der Waals surface area (Å²) in [6.45, 7) is 8.24. The number of hydrogen-bond acceptors (Lipinski definition) is 7. The van der Waals surface area contributed by atoms with E-state index < -0.39 is 36.2 Å². The molecule has 0 bridgehead atoms. The third kappa shape index (κ3) is 35.1. The van der Waals surface area contributed by atoms with Crippen molar-refractivity contribution in [2.75, 3.05) is 6.61 Å². The summed E-state index contributed by atoms with van der Waals surface area (Å²) >= 11 is 0. The van der Waals surface area contributed by atoms with E-state index in [-0.39, 0.29) is 12.5 Å². The van der Waals surface area contributed by atoms with Crippen LogP contribution < -0.4 is 5.32 Å². The highest BCUT2D eigenvalue weighted by Gasteiger charge is 2.36. The molecule has 1 amide bonds. The van der Waals surface area contributed by atoms with Crippen molar-refractivity contribution >= 4 is 23.8 Å². The number of unbranched alkanes of at least 4 members (excludes halogenated alkanes) is 25. The van der Waals surface area contributed by atoms with Crippen molar-refractivity contribution in [1.82, 2.24) is 5.32 Å². The summed E-state index contributed by atoms with van der Waals surface area (Å²) in [5, 5.41) is 2.94. The molecule has 0 spiro atoms. The van der Waals surface area contributed by atoms with Crippen molar-refractivity contribution in [3.63, 3.8) is 0 Å². The predicted molar refractivity (Wildman–Crippen MR) is 219 cm³/mol. The van der Waals surface area contributed by atoms with Crippen LogP contribution >= 0.6 is 0 Å². The van der Waals surface area contributed by atoms with Gasteiger partial charge in [0.15, 0.2) is 6.10 Å². The summed E-state index contributed by atoms with van der Waals surface area (Å²) in [4.78, 5) is 49.2. The van der Waals surface area contributed by atoms with Crippen LogP contribution in [-0.2, 0) is 33.4 Å². The fourth-order valence-electron chi connectivity index (χ4n) is 6.89. The Balaban J connectivity index is 4.70. The minimum absolute atomic E-state index is 0.183. The first kappa shape index (κ1) is 50.6. The average Bonchev–Trinajstić information content (AvgIpc) is 3.11. The Kier molecular flexibility index (Phi) is 36.2. The summed E-state index contributed by atoms with van der Waals surface area (Å²) < 4.78 is 16.6. The maximum absolute atomic E-state index is 13.1. The molecule has 0 fully saturated rings. The molecule has 1 N–H and O–H groups in total. The maximum atomic E-state index is 13.1. The van der Waals surface area contributed by atoms with Crippen LogP contribution in [0, 0.1) is 0 Å². The van der Waals surface area contributed by atoms with Crippen molar-refractivity contribution in [3.8, 4) is 0 Å². The molecule has 3 atom stereocenters. The molecule has 0 aromatic carbocycles. The van der Waals surface area contributed by atoms with Gasteiger partial charge in [0, 0.05) is 27.2 Å². The van der Waals surface area contributed by atoms with Crippen LogP contribution in [0.4, 0.5) is 0 Å². The first-order chi connectivity index (χ1) is 25.7. The lowest BCUT2D eigenvalue weighted by atomic mass is 9.99. The first-order valence-corrected chi connectivity index (χ1v) is 22.1. The van der Waals surface area contributed by atoms with Crippen LogP contribution in [0.15, 0.2) is 12.2 Å². The Hall–Kier alpha value is -2.38. The second-order valence-corrected chi connectivity index (χ2v) is 15.3. The Bertz CT molecular complexity index is 921. The standard InChI is InChI=1S/C45H83NO7/c1-6-8-10-12-14-16-18-20-22-24-26-28-30-32-34-36-43(52-40(4)48)45(53-41(5)49)42(38-51-39(3)47)46-44(50)37-35-33-31-29-27-25-23-21-19-17-15-13-11-9-7-2/h26,28,42-43,45H,6-25,27,29-38H2,1-5H3,(H,46,50). The summed E-state index contributed by atoms with van der Waals surface area (Å²) in [5.74, 6) is -1.77. The van der Waals surface area contributed by atoms with Gasteiger partial charge in [-0.2, -0.15) is 0 Å². The average molecular weight is 750 g/mol. The Morgan fingerprint density at radius 2 is 0.887 bits per heavy atom. The number of esters is 3. The van der Waals surface area contributed by atoms with Gasteiger partial charge in [-0.3, -0.25) is 19.2 Å². The van der Waals surface area contributed by atoms with Crippen molar-refractivity contribution < 1.29 is 33.4 Å². The topological polar surface area (TPSA) is 108 Å². The van der Waals surface area contributed by atoms with Crippen LogP contribution in [0.3, 0.4) is 0 Å². The van der Waals surface area contributed by atoms with Crippen molar-refractivity contribution in [3.05, 3.63) is 12.2 Å². The predicted octanol–water partition coefficient (Wildman–Crippen LogP) is 12.2. The first-order valence-electron chi connectivity index (χ1n) is 22.1. The molecular weight excluding hydrogens is 666 g/mol. The van der Waals surface area contributed by atoms with E-state index in [9.17, 15) is 19.2 Å². The van der Waals surface area contributed by atoms with E-state index in [4.69, 9.17) is 14.2 Å². The number of hydrogen-bond donors (Lipinski definition) is 1. The maximum Gasteiger partial charge on any atom is 0.303 e. The zero-order chi connectivity index (χ0) is 39.2. The highest BCUT2D eigenvalue weighted by Crippen LogP contribution is 2.20. The van der Waals surface area contributed by atoms with E-state index in [0.717, 1.165) is 44.9 Å². The molecule has 8 nitrogen and oxygen atoms in total. The van der Waals surface area contributed by atoms with Gasteiger partial charge in [-0.1, -0.05) is 167 Å². The number of rotatable bonds is 38.